The van der Waals surface area contributed by atoms with Crippen LogP contribution in [-0.2, 0) is 0 Å². The van der Waals surface area contributed by atoms with Crippen molar-refractivity contribution in [1.29, 1.82) is 0 Å². The maximum atomic E-state index is 12.0. The lowest BCUT2D eigenvalue weighted by atomic mass is 10.1. The number of carbonyl (C=O) groups is 1. The molecule has 0 atom stereocenters. The molecule has 0 aliphatic heterocycles. The number of benzene rings is 2. The monoisotopic (exact) mass is 358 g/mol. The average Bonchev–Trinajstić information content (AvgIpc) is 2.77. The number of aromatic hydroxyl groups is 1. The van der Waals surface area contributed by atoms with Crippen molar-refractivity contribution < 1.29 is 15.0 Å². The second kappa shape index (κ2) is 5.65. The lowest BCUT2D eigenvalue weighted by Crippen LogP contribution is -2.11. The molecule has 0 fully saturated rings. The highest BCUT2D eigenvalue weighted by Crippen LogP contribution is 2.28. The van der Waals surface area contributed by atoms with E-state index in [1.165, 1.54) is 18.2 Å². The van der Waals surface area contributed by atoms with Gasteiger partial charge in [0, 0.05) is 10.0 Å². The zero-order chi connectivity index (χ0) is 15.7. The highest BCUT2D eigenvalue weighted by molar-refractivity contribution is 9.10. The second-order valence-electron chi connectivity index (χ2n) is 4.67. The summed E-state index contributed by atoms with van der Waals surface area (Å²) in [7, 11) is 0. The summed E-state index contributed by atoms with van der Waals surface area (Å²) < 4.78 is 0.736. The summed E-state index contributed by atoms with van der Waals surface area (Å²) in [6, 6.07) is 11.1. The number of carbonyl (C=O) groups excluding carboxylic acids is 1. The van der Waals surface area contributed by atoms with Gasteiger partial charge in [-0.1, -0.05) is 12.1 Å². The van der Waals surface area contributed by atoms with Crippen molar-refractivity contribution in [3.05, 3.63) is 63.8 Å². The molecular weight excluding hydrogens is 348 g/mol. The summed E-state index contributed by atoms with van der Waals surface area (Å²) in [5, 5.41) is 22.0. The smallest absolute Gasteiger partial charge is 0.346 e. The van der Waals surface area contributed by atoms with Gasteiger partial charge in [-0.05, 0) is 57.9 Å². The van der Waals surface area contributed by atoms with E-state index in [-0.39, 0.29) is 17.2 Å². The molecule has 2 aromatic rings. The molecule has 0 bridgehead atoms. The van der Waals surface area contributed by atoms with Crippen LogP contribution in [0.3, 0.4) is 0 Å². The Hall–Kier alpha value is -2.60. The number of nitrogens with one attached hydrogen (secondary N) is 1. The fourth-order valence-electron chi connectivity index (χ4n) is 2.16. The highest BCUT2D eigenvalue weighted by Gasteiger charge is 2.21. The number of phenolic OH excluding ortho intramolecular Hbond substituents is 1. The number of hydrogen-bond donors (Lipinski definition) is 3. The number of aliphatic hydroxyl groups is 1. The third-order valence-electron chi connectivity index (χ3n) is 3.15. The number of fused-ring (bicyclic) bond motifs is 1. The van der Waals surface area contributed by atoms with Crippen LogP contribution in [0.1, 0.15) is 11.1 Å². The SMILES string of the molecule is O=C(N=C1C(O)=Cc2cc(O)ccc21)Nc1ccccc1Br. The Morgan fingerprint density at radius 2 is 1.91 bits per heavy atom. The predicted molar refractivity (Wildman–Crippen MR) is 88.4 cm³/mol. The van der Waals surface area contributed by atoms with Crippen molar-refractivity contribution in [2.24, 2.45) is 4.99 Å². The zero-order valence-corrected chi connectivity index (χ0v) is 12.8. The zero-order valence-electron chi connectivity index (χ0n) is 11.2. The quantitative estimate of drug-likeness (QED) is 0.717. The van der Waals surface area contributed by atoms with Gasteiger partial charge in [-0.2, -0.15) is 4.99 Å². The number of rotatable bonds is 1. The van der Waals surface area contributed by atoms with E-state index in [0.29, 0.717) is 16.8 Å². The minimum absolute atomic E-state index is 0.0849. The van der Waals surface area contributed by atoms with Crippen molar-refractivity contribution in [3.63, 3.8) is 0 Å². The van der Waals surface area contributed by atoms with E-state index in [1.54, 1.807) is 24.3 Å². The first kappa shape index (κ1) is 14.3. The van der Waals surface area contributed by atoms with Crippen molar-refractivity contribution >= 4 is 39.4 Å². The number of urea groups is 1. The van der Waals surface area contributed by atoms with Gasteiger partial charge in [0.15, 0.2) is 0 Å². The van der Waals surface area contributed by atoms with Gasteiger partial charge in [0.1, 0.15) is 17.2 Å². The fourth-order valence-corrected chi connectivity index (χ4v) is 2.55. The van der Waals surface area contributed by atoms with Crippen LogP contribution in [0.4, 0.5) is 10.5 Å². The normalized spacial score (nSPS) is 14.6. The van der Waals surface area contributed by atoms with E-state index in [4.69, 9.17) is 0 Å². The van der Waals surface area contributed by atoms with Gasteiger partial charge in [-0.3, -0.25) is 0 Å². The van der Waals surface area contributed by atoms with Crippen LogP contribution in [-0.4, -0.2) is 22.0 Å². The van der Waals surface area contributed by atoms with E-state index in [0.717, 1.165) is 4.47 Å². The summed E-state index contributed by atoms with van der Waals surface area (Å²) in [6.07, 6.45) is 1.46. The maximum absolute atomic E-state index is 12.0. The predicted octanol–water partition coefficient (Wildman–Crippen LogP) is 4.09. The van der Waals surface area contributed by atoms with Crippen LogP contribution in [0.5, 0.6) is 5.75 Å². The lowest BCUT2D eigenvalue weighted by Gasteiger charge is -2.05. The van der Waals surface area contributed by atoms with E-state index in [2.05, 4.69) is 26.2 Å². The highest BCUT2D eigenvalue weighted by atomic mass is 79.9. The molecule has 3 rings (SSSR count). The molecule has 2 amide bonds. The van der Waals surface area contributed by atoms with Gasteiger partial charge < -0.3 is 15.5 Å². The van der Waals surface area contributed by atoms with E-state index in [9.17, 15) is 15.0 Å². The number of anilines is 1. The molecule has 2 aromatic carbocycles. The molecular formula is C16H11BrN2O3. The molecule has 110 valence electrons. The summed E-state index contributed by atoms with van der Waals surface area (Å²) in [4.78, 5) is 15.9. The second-order valence-corrected chi connectivity index (χ2v) is 5.53. The molecule has 22 heavy (non-hydrogen) atoms. The summed E-state index contributed by atoms with van der Waals surface area (Å²) >= 11 is 3.33. The molecule has 6 heteroatoms. The number of amides is 2. The maximum Gasteiger partial charge on any atom is 0.346 e. The number of aliphatic hydroxyl groups excluding tert-OH is 1. The molecule has 0 heterocycles. The minimum Gasteiger partial charge on any atom is -0.508 e. The van der Waals surface area contributed by atoms with Crippen LogP contribution in [0.25, 0.3) is 6.08 Å². The largest absolute Gasteiger partial charge is 0.508 e. The Morgan fingerprint density at radius 3 is 2.68 bits per heavy atom. The Bertz CT molecular complexity index is 828. The molecule has 3 N–H and O–H groups in total. The van der Waals surface area contributed by atoms with Gasteiger partial charge in [0.25, 0.3) is 0 Å². The van der Waals surface area contributed by atoms with Crippen LogP contribution < -0.4 is 5.32 Å². The number of para-hydroxylation sites is 1. The van der Waals surface area contributed by atoms with Gasteiger partial charge in [0.2, 0.25) is 0 Å². The average molecular weight is 359 g/mol. The van der Waals surface area contributed by atoms with Gasteiger partial charge in [0.05, 0.1) is 5.69 Å². The van der Waals surface area contributed by atoms with Crippen LogP contribution in [0.2, 0.25) is 0 Å². The molecule has 5 nitrogen and oxygen atoms in total. The number of hydrogen-bond acceptors (Lipinski definition) is 3. The number of nitrogens with zero attached hydrogens (tertiary/aromatic N) is 1. The van der Waals surface area contributed by atoms with Gasteiger partial charge in [-0.25, -0.2) is 4.79 Å². The molecule has 0 spiro atoms. The number of allylic oxidation sites excluding steroid dienone is 1. The number of halogens is 1. The Balaban J connectivity index is 1.89. The van der Waals surface area contributed by atoms with Gasteiger partial charge in [-0.15, -0.1) is 0 Å². The summed E-state index contributed by atoms with van der Waals surface area (Å²) in [6.45, 7) is 0. The number of phenols is 1. The molecule has 0 aromatic heterocycles. The Labute approximate surface area is 134 Å². The molecule has 0 saturated heterocycles. The molecule has 1 aliphatic carbocycles. The third-order valence-corrected chi connectivity index (χ3v) is 3.85. The van der Waals surface area contributed by atoms with E-state index >= 15 is 0 Å². The minimum atomic E-state index is -0.595. The first-order valence-corrected chi connectivity index (χ1v) is 7.22. The molecule has 0 saturated carbocycles. The van der Waals surface area contributed by atoms with E-state index < -0.39 is 6.03 Å². The molecule has 0 unspecified atom stereocenters. The van der Waals surface area contributed by atoms with Crippen LogP contribution in [0, 0.1) is 0 Å². The third kappa shape index (κ3) is 2.73. The molecule has 0 radical (unpaired) electrons. The first-order chi connectivity index (χ1) is 10.5. The Morgan fingerprint density at radius 1 is 1.14 bits per heavy atom. The van der Waals surface area contributed by atoms with Crippen molar-refractivity contribution in [2.45, 2.75) is 0 Å². The topological polar surface area (TPSA) is 81.9 Å². The van der Waals surface area contributed by atoms with Crippen molar-refractivity contribution in [1.82, 2.24) is 0 Å². The van der Waals surface area contributed by atoms with Crippen molar-refractivity contribution in [2.75, 3.05) is 5.32 Å². The van der Waals surface area contributed by atoms with Gasteiger partial charge >= 0.3 is 6.03 Å². The standard InChI is InChI=1S/C16H11BrN2O3/c17-12-3-1-2-4-13(12)18-16(22)19-15-11-6-5-10(20)7-9(11)8-14(15)21/h1-8,20H,(H2,18,19,21,22). The van der Waals surface area contributed by atoms with Crippen LogP contribution in [0.15, 0.2) is 57.7 Å². The summed E-state index contributed by atoms with van der Waals surface area (Å²) in [5.41, 5.74) is 1.98. The van der Waals surface area contributed by atoms with Crippen LogP contribution >= 0.6 is 15.9 Å². The fraction of sp³-hybridized carbons (Fsp3) is 0. The molecule has 1 aliphatic rings. The van der Waals surface area contributed by atoms with E-state index in [1.807, 2.05) is 6.07 Å². The van der Waals surface area contributed by atoms with Crippen molar-refractivity contribution in [3.8, 4) is 5.75 Å². The first-order valence-electron chi connectivity index (χ1n) is 6.43. The number of aliphatic imine (C=N–C) groups is 1. The lowest BCUT2D eigenvalue weighted by molar-refractivity contribution is 0.259. The summed E-state index contributed by atoms with van der Waals surface area (Å²) in [5.74, 6) is -0.0235. The Kier molecular flexibility index (Phi) is 3.68.